The minimum atomic E-state index is -4.62. The summed E-state index contributed by atoms with van der Waals surface area (Å²) in [6, 6.07) is 7.38. The topological polar surface area (TPSA) is 85.5 Å². The average Bonchev–Trinajstić information content (AvgIpc) is 3.41. The fourth-order valence-electron chi connectivity index (χ4n) is 3.59. The third kappa shape index (κ3) is 3.65. The van der Waals surface area contributed by atoms with Crippen molar-refractivity contribution in [2.75, 3.05) is 0 Å². The first-order chi connectivity index (χ1) is 14.7. The van der Waals surface area contributed by atoms with Crippen molar-refractivity contribution < 1.29 is 17.7 Å². The summed E-state index contributed by atoms with van der Waals surface area (Å²) in [7, 11) is 1.20. The highest BCUT2D eigenvalue weighted by atomic mass is 35.5. The summed E-state index contributed by atoms with van der Waals surface area (Å²) < 4.78 is 47.9. The number of benzene rings is 1. The van der Waals surface area contributed by atoms with E-state index in [1.807, 2.05) is 17.6 Å². The molecule has 11 heteroatoms. The van der Waals surface area contributed by atoms with Gasteiger partial charge in [-0.25, -0.2) is 0 Å². The van der Waals surface area contributed by atoms with Gasteiger partial charge in [0.1, 0.15) is 6.07 Å². The van der Waals surface area contributed by atoms with Crippen LogP contribution in [-0.2, 0) is 26.2 Å². The molecule has 0 unspecified atom stereocenters. The summed E-state index contributed by atoms with van der Waals surface area (Å²) >= 11 is 6.38. The molecular formula is C20H16ClF3N6O. The second kappa shape index (κ2) is 7.74. The molecule has 0 spiro atoms. The number of aryl methyl sites for hydroxylation is 2. The number of nitrogens with zero attached hydrogens (tertiary/aromatic N) is 6. The number of fused-ring (bicyclic) bond motifs is 1. The van der Waals surface area contributed by atoms with Crippen LogP contribution in [0.5, 0.6) is 0 Å². The first-order valence-corrected chi connectivity index (χ1v) is 9.75. The van der Waals surface area contributed by atoms with E-state index >= 15 is 0 Å². The zero-order valence-electron chi connectivity index (χ0n) is 16.5. The molecule has 31 heavy (non-hydrogen) atoms. The van der Waals surface area contributed by atoms with Crippen molar-refractivity contribution in [3.8, 4) is 17.5 Å². The standard InChI is InChI=1S/C20H16ClF3N6O/c1-3-4-12-7-13-15(6-5-11(8-25)17(13)21)30(12)10-16-27-19(31-28-16)14-9-26-29(2)18(14)20(22,23)24/h5-7,9H,3-4,10H2,1-2H3. The van der Waals surface area contributed by atoms with Crippen molar-refractivity contribution in [2.45, 2.75) is 32.5 Å². The van der Waals surface area contributed by atoms with Crippen molar-refractivity contribution in [1.29, 1.82) is 5.26 Å². The molecule has 0 amide bonds. The highest BCUT2D eigenvalue weighted by molar-refractivity contribution is 6.36. The van der Waals surface area contributed by atoms with Gasteiger partial charge in [0.2, 0.25) is 0 Å². The third-order valence-electron chi connectivity index (χ3n) is 4.94. The molecule has 4 rings (SSSR count). The molecule has 160 valence electrons. The Morgan fingerprint density at radius 3 is 2.74 bits per heavy atom. The Labute approximate surface area is 179 Å². The van der Waals surface area contributed by atoms with E-state index in [1.165, 1.54) is 7.05 Å². The van der Waals surface area contributed by atoms with Crippen LogP contribution in [-0.4, -0.2) is 24.5 Å². The van der Waals surface area contributed by atoms with E-state index in [0.717, 1.165) is 40.3 Å². The maximum Gasteiger partial charge on any atom is 0.433 e. The average molecular weight is 449 g/mol. The van der Waals surface area contributed by atoms with E-state index in [4.69, 9.17) is 16.1 Å². The Morgan fingerprint density at radius 1 is 1.29 bits per heavy atom. The molecule has 1 aromatic carbocycles. The normalized spacial score (nSPS) is 11.9. The van der Waals surface area contributed by atoms with E-state index in [0.29, 0.717) is 10.6 Å². The van der Waals surface area contributed by atoms with Crippen LogP contribution in [0, 0.1) is 11.3 Å². The summed E-state index contributed by atoms with van der Waals surface area (Å²) in [6.07, 6.45) is -1.97. The number of alkyl halides is 3. The summed E-state index contributed by atoms with van der Waals surface area (Å²) in [5.74, 6) is -0.0453. The van der Waals surface area contributed by atoms with Gasteiger partial charge in [0, 0.05) is 18.1 Å². The minimum Gasteiger partial charge on any atom is -0.337 e. The van der Waals surface area contributed by atoms with E-state index < -0.39 is 11.9 Å². The lowest BCUT2D eigenvalue weighted by molar-refractivity contribution is -0.143. The quantitative estimate of drug-likeness (QED) is 0.430. The highest BCUT2D eigenvalue weighted by Gasteiger charge is 2.39. The minimum absolute atomic E-state index is 0.173. The molecule has 0 atom stereocenters. The van der Waals surface area contributed by atoms with Crippen LogP contribution < -0.4 is 0 Å². The second-order valence-corrected chi connectivity index (χ2v) is 7.37. The smallest absolute Gasteiger partial charge is 0.337 e. The molecule has 0 N–H and O–H groups in total. The lowest BCUT2D eigenvalue weighted by Gasteiger charge is -2.08. The Hall–Kier alpha value is -3.32. The van der Waals surface area contributed by atoms with Crippen molar-refractivity contribution in [2.24, 2.45) is 7.05 Å². The van der Waals surface area contributed by atoms with Gasteiger partial charge in [-0.1, -0.05) is 30.1 Å². The third-order valence-corrected chi connectivity index (χ3v) is 5.34. The summed E-state index contributed by atoms with van der Waals surface area (Å²) in [6.45, 7) is 2.20. The number of halogens is 4. The Morgan fingerprint density at radius 2 is 2.06 bits per heavy atom. The van der Waals surface area contributed by atoms with E-state index in [9.17, 15) is 18.4 Å². The van der Waals surface area contributed by atoms with Gasteiger partial charge in [-0.05, 0) is 24.6 Å². The monoisotopic (exact) mass is 448 g/mol. The fraction of sp³-hybridized carbons (Fsp3) is 0.300. The van der Waals surface area contributed by atoms with Crippen LogP contribution in [0.3, 0.4) is 0 Å². The molecule has 0 saturated heterocycles. The molecule has 3 aromatic heterocycles. The lowest BCUT2D eigenvalue weighted by atomic mass is 10.1. The predicted octanol–water partition coefficient (Wildman–Crippen LogP) is 4.97. The summed E-state index contributed by atoms with van der Waals surface area (Å²) in [5, 5.41) is 17.8. The Bertz CT molecular complexity index is 1310. The zero-order chi connectivity index (χ0) is 22.3. The van der Waals surface area contributed by atoms with Gasteiger partial charge in [-0.3, -0.25) is 4.68 Å². The zero-order valence-corrected chi connectivity index (χ0v) is 17.3. The van der Waals surface area contributed by atoms with Gasteiger partial charge in [-0.2, -0.15) is 28.5 Å². The van der Waals surface area contributed by atoms with Crippen molar-refractivity contribution in [3.63, 3.8) is 0 Å². The van der Waals surface area contributed by atoms with E-state index in [-0.39, 0.29) is 23.8 Å². The molecule has 0 aliphatic carbocycles. The van der Waals surface area contributed by atoms with Gasteiger partial charge < -0.3 is 9.09 Å². The van der Waals surface area contributed by atoms with Gasteiger partial charge in [0.05, 0.1) is 34.4 Å². The highest BCUT2D eigenvalue weighted by Crippen LogP contribution is 2.36. The molecule has 4 aromatic rings. The molecular weight excluding hydrogens is 433 g/mol. The van der Waals surface area contributed by atoms with Gasteiger partial charge in [0.25, 0.3) is 5.89 Å². The molecule has 3 heterocycles. The number of nitriles is 1. The second-order valence-electron chi connectivity index (χ2n) is 6.99. The molecule has 0 aliphatic rings. The van der Waals surface area contributed by atoms with Crippen molar-refractivity contribution in [1.82, 2.24) is 24.5 Å². The van der Waals surface area contributed by atoms with E-state index in [2.05, 4.69) is 21.3 Å². The lowest BCUT2D eigenvalue weighted by Crippen LogP contribution is -2.13. The molecule has 0 radical (unpaired) electrons. The van der Waals surface area contributed by atoms with Crippen LogP contribution in [0.4, 0.5) is 13.2 Å². The number of hydrogen-bond acceptors (Lipinski definition) is 5. The number of rotatable bonds is 5. The summed E-state index contributed by atoms with van der Waals surface area (Å²) in [4.78, 5) is 4.17. The number of hydrogen-bond donors (Lipinski definition) is 0. The maximum absolute atomic E-state index is 13.4. The first kappa shape index (κ1) is 20.9. The summed E-state index contributed by atoms with van der Waals surface area (Å²) in [5.41, 5.74) is 0.847. The van der Waals surface area contributed by atoms with E-state index in [1.54, 1.807) is 12.1 Å². The van der Waals surface area contributed by atoms with Crippen LogP contribution in [0.25, 0.3) is 22.4 Å². The molecule has 7 nitrogen and oxygen atoms in total. The van der Waals surface area contributed by atoms with Gasteiger partial charge in [0.15, 0.2) is 11.5 Å². The fourth-order valence-corrected chi connectivity index (χ4v) is 3.85. The van der Waals surface area contributed by atoms with Crippen LogP contribution >= 0.6 is 11.6 Å². The van der Waals surface area contributed by atoms with Crippen molar-refractivity contribution in [3.05, 3.63) is 52.2 Å². The largest absolute Gasteiger partial charge is 0.433 e. The molecule has 0 bridgehead atoms. The van der Waals surface area contributed by atoms with Crippen LogP contribution in [0.2, 0.25) is 5.02 Å². The molecule has 0 saturated carbocycles. The van der Waals surface area contributed by atoms with Crippen LogP contribution in [0.15, 0.2) is 28.9 Å². The molecule has 0 fully saturated rings. The van der Waals surface area contributed by atoms with Gasteiger partial charge in [-0.15, -0.1) is 0 Å². The number of aromatic nitrogens is 5. The Kier molecular flexibility index (Phi) is 5.23. The van der Waals surface area contributed by atoms with Crippen LogP contribution in [0.1, 0.15) is 36.1 Å². The maximum atomic E-state index is 13.4. The van der Waals surface area contributed by atoms with Gasteiger partial charge >= 0.3 is 6.18 Å². The van der Waals surface area contributed by atoms with Crippen molar-refractivity contribution >= 4 is 22.5 Å². The predicted molar refractivity (Wildman–Crippen MR) is 106 cm³/mol. The SMILES string of the molecule is CCCc1cc2c(Cl)c(C#N)ccc2n1Cc1noc(-c2cnn(C)c2C(F)(F)F)n1. The Balaban J connectivity index is 1.75. The first-order valence-electron chi connectivity index (χ1n) is 9.37. The molecule has 0 aliphatic heterocycles.